The molecule has 7 heteroatoms. The molecule has 7 nitrogen and oxygen atoms in total. The van der Waals surface area contributed by atoms with Crippen LogP contribution in [0.2, 0.25) is 0 Å². The Hall–Kier alpha value is -2.18. The molecule has 0 aliphatic carbocycles. The third-order valence-corrected chi connectivity index (χ3v) is 2.47. The largest absolute Gasteiger partial charge is 0.464 e. The van der Waals surface area contributed by atoms with Crippen molar-refractivity contribution in [1.82, 2.24) is 15.3 Å². The summed E-state index contributed by atoms with van der Waals surface area (Å²) in [5.41, 5.74) is 0.0901. The highest BCUT2D eigenvalue weighted by atomic mass is 16.5. The van der Waals surface area contributed by atoms with Gasteiger partial charge in [-0.15, -0.1) is 0 Å². The van der Waals surface area contributed by atoms with Gasteiger partial charge in [0.1, 0.15) is 11.9 Å². The molecular weight excluding hydrogens is 260 g/mol. The molecule has 0 bridgehead atoms. The van der Waals surface area contributed by atoms with Gasteiger partial charge >= 0.3 is 5.97 Å². The lowest BCUT2D eigenvalue weighted by Crippen LogP contribution is -2.39. The number of hydrogen-bond acceptors (Lipinski definition) is 6. The van der Waals surface area contributed by atoms with Gasteiger partial charge in [-0.25, -0.2) is 9.78 Å². The minimum atomic E-state index is -0.571. The van der Waals surface area contributed by atoms with E-state index in [1.807, 2.05) is 13.8 Å². The monoisotopic (exact) mass is 280 g/mol. The van der Waals surface area contributed by atoms with Crippen molar-refractivity contribution in [2.24, 2.45) is 5.92 Å². The summed E-state index contributed by atoms with van der Waals surface area (Å²) in [4.78, 5) is 31.1. The van der Waals surface area contributed by atoms with Crippen LogP contribution in [0, 0.1) is 5.92 Å². The smallest absolute Gasteiger partial charge is 0.358 e. The Morgan fingerprint density at radius 3 is 2.60 bits per heavy atom. The molecule has 1 aromatic rings. The number of methoxy groups -OCH3 is 1. The van der Waals surface area contributed by atoms with Gasteiger partial charge in [0, 0.05) is 6.54 Å². The number of anilines is 1. The highest BCUT2D eigenvalue weighted by Gasteiger charge is 2.15. The Balaban J connectivity index is 2.63. The van der Waals surface area contributed by atoms with Crippen LogP contribution in [0.5, 0.6) is 0 Å². The minimum absolute atomic E-state index is 0.0901. The summed E-state index contributed by atoms with van der Waals surface area (Å²) in [5, 5.41) is 5.70. The van der Waals surface area contributed by atoms with Crippen LogP contribution in [-0.4, -0.2) is 41.5 Å². The number of nitrogens with zero attached hydrogens (tertiary/aromatic N) is 2. The Labute approximate surface area is 118 Å². The molecule has 0 radical (unpaired) electrons. The number of carbonyl (C=O) groups is 2. The van der Waals surface area contributed by atoms with Crippen LogP contribution in [0.15, 0.2) is 12.4 Å². The average molecular weight is 280 g/mol. The zero-order valence-corrected chi connectivity index (χ0v) is 12.1. The Morgan fingerprint density at radius 2 is 2.00 bits per heavy atom. The summed E-state index contributed by atoms with van der Waals surface area (Å²) in [6, 6.07) is -0.476. The van der Waals surface area contributed by atoms with E-state index in [9.17, 15) is 9.59 Å². The number of nitrogens with one attached hydrogen (secondary N) is 2. The van der Waals surface area contributed by atoms with E-state index in [4.69, 9.17) is 0 Å². The van der Waals surface area contributed by atoms with Crippen LogP contribution in [-0.2, 0) is 9.53 Å². The van der Waals surface area contributed by atoms with Crippen LogP contribution >= 0.6 is 0 Å². The fourth-order valence-electron chi connectivity index (χ4n) is 1.38. The number of aromatic nitrogens is 2. The van der Waals surface area contributed by atoms with Crippen molar-refractivity contribution in [2.45, 2.75) is 26.8 Å². The molecule has 0 spiro atoms. The number of amides is 1. The lowest BCUT2D eigenvalue weighted by molar-refractivity contribution is -0.121. The molecule has 0 fully saturated rings. The Kier molecular flexibility index (Phi) is 5.89. The highest BCUT2D eigenvalue weighted by molar-refractivity contribution is 5.87. The van der Waals surface area contributed by atoms with Gasteiger partial charge in [0.05, 0.1) is 19.5 Å². The van der Waals surface area contributed by atoms with Crippen molar-refractivity contribution in [1.29, 1.82) is 0 Å². The van der Waals surface area contributed by atoms with Gasteiger partial charge in [-0.3, -0.25) is 9.78 Å². The van der Waals surface area contributed by atoms with E-state index in [1.54, 1.807) is 6.92 Å². The van der Waals surface area contributed by atoms with E-state index < -0.39 is 12.0 Å². The second kappa shape index (κ2) is 7.42. The highest BCUT2D eigenvalue weighted by Crippen LogP contribution is 2.05. The van der Waals surface area contributed by atoms with E-state index in [2.05, 4.69) is 25.3 Å². The Morgan fingerprint density at radius 1 is 1.30 bits per heavy atom. The first kappa shape index (κ1) is 15.9. The first-order chi connectivity index (χ1) is 9.43. The van der Waals surface area contributed by atoms with Crippen LogP contribution in [0.1, 0.15) is 31.3 Å². The van der Waals surface area contributed by atoms with Gasteiger partial charge < -0.3 is 15.4 Å². The molecule has 0 aliphatic heterocycles. The first-order valence-electron chi connectivity index (χ1n) is 6.38. The first-order valence-corrected chi connectivity index (χ1v) is 6.38. The van der Waals surface area contributed by atoms with E-state index >= 15 is 0 Å². The maximum Gasteiger partial charge on any atom is 0.358 e. The molecule has 1 amide bonds. The van der Waals surface area contributed by atoms with Crippen LogP contribution in [0.4, 0.5) is 5.82 Å². The molecule has 1 heterocycles. The maximum atomic E-state index is 11.8. The molecule has 0 aromatic carbocycles. The molecule has 2 N–H and O–H groups in total. The van der Waals surface area contributed by atoms with Gasteiger partial charge in [-0.1, -0.05) is 13.8 Å². The summed E-state index contributed by atoms with van der Waals surface area (Å²) in [5.74, 6) is 0.0238. The summed E-state index contributed by atoms with van der Waals surface area (Å²) >= 11 is 0. The van der Waals surface area contributed by atoms with Crippen molar-refractivity contribution in [3.8, 4) is 0 Å². The molecule has 1 aromatic heterocycles. The second-order valence-corrected chi connectivity index (χ2v) is 4.79. The molecule has 110 valence electrons. The van der Waals surface area contributed by atoms with E-state index in [1.165, 1.54) is 19.5 Å². The summed E-state index contributed by atoms with van der Waals surface area (Å²) < 4.78 is 4.56. The van der Waals surface area contributed by atoms with Crippen molar-refractivity contribution in [3.05, 3.63) is 18.1 Å². The van der Waals surface area contributed by atoms with Gasteiger partial charge in [0.15, 0.2) is 5.69 Å². The lowest BCUT2D eigenvalue weighted by Gasteiger charge is -2.15. The number of hydrogen-bond donors (Lipinski definition) is 2. The number of carbonyl (C=O) groups excluding carboxylic acids is 2. The topological polar surface area (TPSA) is 93.2 Å². The molecule has 0 aliphatic rings. The maximum absolute atomic E-state index is 11.8. The van der Waals surface area contributed by atoms with E-state index in [0.717, 1.165) is 0 Å². The molecule has 1 atom stereocenters. The van der Waals surface area contributed by atoms with E-state index in [0.29, 0.717) is 18.3 Å². The fourth-order valence-corrected chi connectivity index (χ4v) is 1.38. The molecule has 1 unspecified atom stereocenters. The molecule has 1 rings (SSSR count). The minimum Gasteiger partial charge on any atom is -0.464 e. The van der Waals surface area contributed by atoms with Gasteiger partial charge in [-0.05, 0) is 12.8 Å². The third-order valence-electron chi connectivity index (χ3n) is 2.47. The summed E-state index contributed by atoms with van der Waals surface area (Å²) in [7, 11) is 1.27. The predicted octanol–water partition coefficient (Wildman–Crippen LogP) is 0.836. The SMILES string of the molecule is COC(=O)c1cncc(NC(C)C(=O)NCC(C)C)n1. The summed E-state index contributed by atoms with van der Waals surface area (Å²) in [6.45, 7) is 6.36. The van der Waals surface area contributed by atoms with E-state index in [-0.39, 0.29) is 11.6 Å². The van der Waals surface area contributed by atoms with Crippen molar-refractivity contribution >= 4 is 17.7 Å². The molecular formula is C13H20N4O3. The van der Waals surface area contributed by atoms with Crippen LogP contribution < -0.4 is 10.6 Å². The van der Waals surface area contributed by atoms with Crippen LogP contribution in [0.25, 0.3) is 0 Å². The number of esters is 1. The van der Waals surface area contributed by atoms with Crippen molar-refractivity contribution < 1.29 is 14.3 Å². The fraction of sp³-hybridized carbons (Fsp3) is 0.538. The lowest BCUT2D eigenvalue weighted by atomic mass is 10.2. The number of ether oxygens (including phenoxy) is 1. The van der Waals surface area contributed by atoms with Gasteiger partial charge in [0.25, 0.3) is 0 Å². The quantitative estimate of drug-likeness (QED) is 0.750. The second-order valence-electron chi connectivity index (χ2n) is 4.79. The average Bonchev–Trinajstić information content (AvgIpc) is 2.43. The normalized spacial score (nSPS) is 11.8. The van der Waals surface area contributed by atoms with Crippen molar-refractivity contribution in [3.63, 3.8) is 0 Å². The molecule has 20 heavy (non-hydrogen) atoms. The van der Waals surface area contributed by atoms with Gasteiger partial charge in [-0.2, -0.15) is 0 Å². The Bertz CT molecular complexity index is 476. The number of rotatable bonds is 6. The van der Waals surface area contributed by atoms with Crippen LogP contribution in [0.3, 0.4) is 0 Å². The third kappa shape index (κ3) is 4.83. The zero-order chi connectivity index (χ0) is 15.1. The zero-order valence-electron chi connectivity index (χ0n) is 12.1. The molecule has 0 saturated heterocycles. The summed E-state index contributed by atoms with van der Waals surface area (Å²) in [6.07, 6.45) is 2.75. The van der Waals surface area contributed by atoms with Gasteiger partial charge in [0.2, 0.25) is 5.91 Å². The predicted molar refractivity (Wildman–Crippen MR) is 74.3 cm³/mol. The van der Waals surface area contributed by atoms with Crippen molar-refractivity contribution in [2.75, 3.05) is 19.0 Å². The molecule has 0 saturated carbocycles. The standard InChI is InChI=1S/C13H20N4O3/c1-8(2)5-15-12(18)9(3)16-11-7-14-6-10(17-11)13(19)20-4/h6-9H,5H2,1-4H3,(H,15,18)(H,16,17).